The number of hydrogen-bond donors (Lipinski definition) is 3. The first-order chi connectivity index (χ1) is 10.2. The third kappa shape index (κ3) is 4.92. The van der Waals surface area contributed by atoms with E-state index in [0.717, 1.165) is 32.4 Å². The number of carbonyl (C=O) groups excluding carboxylic acids is 1. The molecule has 1 rings (SSSR count). The van der Waals surface area contributed by atoms with Crippen LogP contribution in [0.1, 0.15) is 41.4 Å². The predicted molar refractivity (Wildman–Crippen MR) is 85.7 cm³/mol. The van der Waals surface area contributed by atoms with E-state index >= 15 is 0 Å². The van der Waals surface area contributed by atoms with Crippen LogP contribution in [0.15, 0.2) is 0 Å². The lowest BCUT2D eigenvalue weighted by Gasteiger charge is -2.04. The summed E-state index contributed by atoms with van der Waals surface area (Å²) in [6, 6.07) is 2.07. The van der Waals surface area contributed by atoms with E-state index in [0.29, 0.717) is 22.0 Å². The molecular weight excluding hydrogens is 288 g/mol. The van der Waals surface area contributed by atoms with Gasteiger partial charge in [-0.25, -0.2) is 0 Å². The van der Waals surface area contributed by atoms with Gasteiger partial charge in [0.05, 0.1) is 5.69 Å². The maximum absolute atomic E-state index is 11.9. The Bertz CT molecular complexity index is 508. The summed E-state index contributed by atoms with van der Waals surface area (Å²) in [5.41, 5.74) is 6.51. The number of nitriles is 1. The summed E-state index contributed by atoms with van der Waals surface area (Å²) < 4.78 is 4.99. The number of nitrogens with two attached hydrogens (primary N) is 1. The van der Waals surface area contributed by atoms with Crippen molar-refractivity contribution >= 4 is 27.9 Å². The standard InChI is InChI=1S/C14H22N4O2S/c1-3-17-13(19)12-11(16)10(9-15)14(21-12)18-7-5-4-6-8-20-2/h18H,3-8,16H2,1-2H3,(H,17,19). The molecule has 0 saturated heterocycles. The molecule has 1 aromatic heterocycles. The van der Waals surface area contributed by atoms with E-state index < -0.39 is 0 Å². The van der Waals surface area contributed by atoms with Crippen molar-refractivity contribution in [2.45, 2.75) is 26.2 Å². The summed E-state index contributed by atoms with van der Waals surface area (Å²) in [5.74, 6) is -0.232. The maximum atomic E-state index is 11.9. The summed E-state index contributed by atoms with van der Waals surface area (Å²) in [4.78, 5) is 12.3. The number of anilines is 2. The van der Waals surface area contributed by atoms with Crippen molar-refractivity contribution in [1.82, 2.24) is 5.32 Å². The number of amides is 1. The number of unbranched alkanes of at least 4 members (excludes halogenated alkanes) is 2. The summed E-state index contributed by atoms with van der Waals surface area (Å²) in [6.45, 7) is 3.87. The first kappa shape index (κ1) is 17.3. The van der Waals surface area contributed by atoms with Crippen molar-refractivity contribution in [3.63, 3.8) is 0 Å². The summed E-state index contributed by atoms with van der Waals surface area (Å²) in [7, 11) is 1.69. The highest BCUT2D eigenvalue weighted by molar-refractivity contribution is 7.18. The van der Waals surface area contributed by atoms with Crippen molar-refractivity contribution in [2.24, 2.45) is 0 Å². The van der Waals surface area contributed by atoms with Gasteiger partial charge in [-0.05, 0) is 26.2 Å². The van der Waals surface area contributed by atoms with Crippen LogP contribution in [0.4, 0.5) is 10.7 Å². The molecule has 0 aliphatic carbocycles. The minimum Gasteiger partial charge on any atom is -0.396 e. The molecule has 0 radical (unpaired) electrons. The summed E-state index contributed by atoms with van der Waals surface area (Å²) >= 11 is 1.23. The number of carbonyl (C=O) groups is 1. The van der Waals surface area contributed by atoms with Gasteiger partial charge < -0.3 is 21.1 Å². The molecule has 6 nitrogen and oxygen atoms in total. The number of nitrogens with one attached hydrogen (secondary N) is 2. The van der Waals surface area contributed by atoms with Crippen molar-refractivity contribution in [2.75, 3.05) is 37.9 Å². The molecule has 0 aliphatic heterocycles. The van der Waals surface area contributed by atoms with Gasteiger partial charge in [-0.15, -0.1) is 11.3 Å². The monoisotopic (exact) mass is 310 g/mol. The van der Waals surface area contributed by atoms with Gasteiger partial charge in [0, 0.05) is 26.8 Å². The van der Waals surface area contributed by atoms with E-state index in [1.54, 1.807) is 7.11 Å². The van der Waals surface area contributed by atoms with Gasteiger partial charge in [0.15, 0.2) is 0 Å². The van der Waals surface area contributed by atoms with Gasteiger partial charge in [-0.2, -0.15) is 5.26 Å². The highest BCUT2D eigenvalue weighted by Gasteiger charge is 2.20. The van der Waals surface area contributed by atoms with Crippen LogP contribution in [-0.2, 0) is 4.74 Å². The van der Waals surface area contributed by atoms with Crippen molar-refractivity contribution in [3.05, 3.63) is 10.4 Å². The molecule has 0 saturated carbocycles. The SMILES string of the molecule is CCNC(=O)c1sc(NCCCCCOC)c(C#N)c1N. The molecule has 1 amide bonds. The van der Waals surface area contributed by atoms with Crippen molar-refractivity contribution in [3.8, 4) is 6.07 Å². The fraction of sp³-hybridized carbons (Fsp3) is 0.571. The van der Waals surface area contributed by atoms with Gasteiger partial charge >= 0.3 is 0 Å². The second kappa shape index (κ2) is 9.21. The predicted octanol–water partition coefficient (Wildman–Crippen LogP) is 2.18. The Balaban J connectivity index is 2.63. The Morgan fingerprint density at radius 3 is 2.81 bits per heavy atom. The molecule has 0 spiro atoms. The second-order valence-corrected chi connectivity index (χ2v) is 5.52. The summed E-state index contributed by atoms with van der Waals surface area (Å²) in [6.07, 6.45) is 3.04. The van der Waals surface area contributed by atoms with Crippen LogP contribution in [-0.4, -0.2) is 32.7 Å². The van der Waals surface area contributed by atoms with Crippen LogP contribution in [0.3, 0.4) is 0 Å². The van der Waals surface area contributed by atoms with Gasteiger partial charge in [0.25, 0.3) is 5.91 Å². The van der Waals surface area contributed by atoms with Crippen LogP contribution >= 0.6 is 11.3 Å². The summed E-state index contributed by atoms with van der Waals surface area (Å²) in [5, 5.41) is 15.7. The highest BCUT2D eigenvalue weighted by Crippen LogP contribution is 2.35. The molecule has 0 bridgehead atoms. The molecule has 0 fully saturated rings. The molecule has 0 atom stereocenters. The lowest BCUT2D eigenvalue weighted by atomic mass is 10.2. The lowest BCUT2D eigenvalue weighted by molar-refractivity contribution is 0.0960. The molecular formula is C14H22N4O2S. The van der Waals surface area contributed by atoms with Crippen LogP contribution in [0.25, 0.3) is 0 Å². The molecule has 116 valence electrons. The van der Waals surface area contributed by atoms with E-state index in [9.17, 15) is 10.1 Å². The van der Waals surface area contributed by atoms with Crippen LogP contribution in [0, 0.1) is 11.3 Å². The smallest absolute Gasteiger partial charge is 0.263 e. The van der Waals surface area contributed by atoms with Crippen molar-refractivity contribution in [1.29, 1.82) is 5.26 Å². The average Bonchev–Trinajstić information content (AvgIpc) is 2.79. The quantitative estimate of drug-likeness (QED) is 0.607. The number of nitrogens with zero attached hydrogens (tertiary/aromatic N) is 1. The number of hydrogen-bond acceptors (Lipinski definition) is 6. The van der Waals surface area contributed by atoms with Gasteiger partial charge in [-0.1, -0.05) is 0 Å². The van der Waals surface area contributed by atoms with Crippen LogP contribution in [0.2, 0.25) is 0 Å². The second-order valence-electron chi connectivity index (χ2n) is 4.50. The minimum atomic E-state index is -0.232. The maximum Gasteiger partial charge on any atom is 0.263 e. The van der Waals surface area contributed by atoms with E-state index in [4.69, 9.17) is 10.5 Å². The number of thiophene rings is 1. The van der Waals surface area contributed by atoms with Crippen LogP contribution < -0.4 is 16.4 Å². The normalized spacial score (nSPS) is 10.1. The Morgan fingerprint density at radius 1 is 1.43 bits per heavy atom. The van der Waals surface area contributed by atoms with Gasteiger partial charge in [0.2, 0.25) is 0 Å². The molecule has 4 N–H and O–H groups in total. The van der Waals surface area contributed by atoms with Gasteiger partial charge in [0.1, 0.15) is 21.5 Å². The Hall–Kier alpha value is -1.78. The molecule has 7 heteroatoms. The molecule has 0 unspecified atom stereocenters. The number of rotatable bonds is 9. The van der Waals surface area contributed by atoms with Crippen molar-refractivity contribution < 1.29 is 9.53 Å². The van der Waals surface area contributed by atoms with E-state index in [-0.39, 0.29) is 11.6 Å². The average molecular weight is 310 g/mol. The third-order valence-corrected chi connectivity index (χ3v) is 4.07. The van der Waals surface area contributed by atoms with E-state index in [1.807, 2.05) is 6.92 Å². The molecule has 1 heterocycles. The largest absolute Gasteiger partial charge is 0.396 e. The topological polar surface area (TPSA) is 100 Å². The first-order valence-corrected chi connectivity index (χ1v) is 7.80. The third-order valence-electron chi connectivity index (χ3n) is 2.91. The number of methoxy groups -OCH3 is 1. The zero-order valence-corrected chi connectivity index (χ0v) is 13.3. The molecule has 21 heavy (non-hydrogen) atoms. The number of nitrogen functional groups attached to an aromatic ring is 1. The highest BCUT2D eigenvalue weighted by atomic mass is 32.1. The Morgan fingerprint density at radius 2 is 2.19 bits per heavy atom. The fourth-order valence-corrected chi connectivity index (χ4v) is 2.85. The zero-order chi connectivity index (χ0) is 15.7. The zero-order valence-electron chi connectivity index (χ0n) is 12.5. The molecule has 1 aromatic rings. The number of ether oxygens (including phenoxy) is 1. The Labute approximate surface area is 129 Å². The fourth-order valence-electron chi connectivity index (χ4n) is 1.84. The van der Waals surface area contributed by atoms with Gasteiger partial charge in [-0.3, -0.25) is 4.79 Å². The molecule has 0 aliphatic rings. The molecule has 0 aromatic carbocycles. The van der Waals surface area contributed by atoms with E-state index in [1.165, 1.54) is 11.3 Å². The lowest BCUT2D eigenvalue weighted by Crippen LogP contribution is -2.22. The first-order valence-electron chi connectivity index (χ1n) is 6.99. The minimum absolute atomic E-state index is 0.232. The van der Waals surface area contributed by atoms with E-state index in [2.05, 4.69) is 16.7 Å². The van der Waals surface area contributed by atoms with Crippen LogP contribution in [0.5, 0.6) is 0 Å². The Kier molecular flexibility index (Phi) is 7.58.